The Labute approximate surface area is 103 Å². The number of nitrogen functional groups attached to an aromatic ring is 1. The number of unbranched alkanes of at least 4 members (excludes halogenated alkanes) is 1. The van der Waals surface area contributed by atoms with E-state index in [1.165, 1.54) is 0 Å². The second-order valence-electron chi connectivity index (χ2n) is 3.64. The maximum Gasteiger partial charge on any atom is 0.311 e. The summed E-state index contributed by atoms with van der Waals surface area (Å²) in [5.74, 6) is -2.14. The highest BCUT2D eigenvalue weighted by atomic mass is 19.1. The molecule has 0 saturated heterocycles. The van der Waals surface area contributed by atoms with Crippen molar-refractivity contribution < 1.29 is 18.8 Å². The lowest BCUT2D eigenvalue weighted by molar-refractivity contribution is -0.384. The van der Waals surface area contributed by atoms with Gasteiger partial charge in [-0.15, -0.1) is 0 Å². The molecule has 0 saturated carbocycles. The number of nitro groups is 1. The lowest BCUT2D eigenvalue weighted by atomic mass is 10.2. The zero-order chi connectivity index (χ0) is 13.7. The molecule has 0 heterocycles. The maximum absolute atomic E-state index is 13.4. The summed E-state index contributed by atoms with van der Waals surface area (Å²) >= 11 is 0. The fourth-order valence-electron chi connectivity index (χ4n) is 1.31. The van der Waals surface area contributed by atoms with Gasteiger partial charge in [-0.25, -0.2) is 4.39 Å². The highest BCUT2D eigenvalue weighted by Crippen LogP contribution is 2.34. The van der Waals surface area contributed by atoms with E-state index in [2.05, 4.69) is 0 Å². The monoisotopic (exact) mass is 256 g/mol. The zero-order valence-electron chi connectivity index (χ0n) is 9.81. The van der Waals surface area contributed by atoms with E-state index in [-0.39, 0.29) is 6.42 Å². The summed E-state index contributed by atoms with van der Waals surface area (Å²) in [4.78, 5) is 21.2. The van der Waals surface area contributed by atoms with Crippen LogP contribution in [-0.2, 0) is 4.79 Å². The molecule has 1 rings (SSSR count). The van der Waals surface area contributed by atoms with E-state index in [0.29, 0.717) is 6.42 Å². The largest absolute Gasteiger partial charge is 0.421 e. The summed E-state index contributed by atoms with van der Waals surface area (Å²) in [7, 11) is 0. The molecule has 6 nitrogen and oxygen atoms in total. The van der Waals surface area contributed by atoms with Crippen molar-refractivity contribution in [1.82, 2.24) is 0 Å². The molecule has 98 valence electrons. The van der Waals surface area contributed by atoms with Crippen molar-refractivity contribution in [2.75, 3.05) is 5.73 Å². The number of anilines is 1. The van der Waals surface area contributed by atoms with Crippen LogP contribution in [0.4, 0.5) is 15.8 Å². The number of carbonyl (C=O) groups excluding carboxylic acids is 1. The first-order valence-electron chi connectivity index (χ1n) is 5.40. The van der Waals surface area contributed by atoms with Crippen molar-refractivity contribution >= 4 is 17.3 Å². The first-order valence-corrected chi connectivity index (χ1v) is 5.40. The lowest BCUT2D eigenvalue weighted by Gasteiger charge is -2.08. The summed E-state index contributed by atoms with van der Waals surface area (Å²) in [5, 5.41) is 10.6. The van der Waals surface area contributed by atoms with E-state index in [0.717, 1.165) is 18.6 Å². The number of ether oxygens (including phenoxy) is 1. The topological polar surface area (TPSA) is 95.5 Å². The fraction of sp³-hybridized carbons (Fsp3) is 0.364. The van der Waals surface area contributed by atoms with Crippen molar-refractivity contribution in [2.45, 2.75) is 26.2 Å². The second-order valence-corrected chi connectivity index (χ2v) is 3.64. The predicted octanol–water partition coefficient (Wildman–Crippen LogP) is 2.41. The number of nitrogens with two attached hydrogens (primary N) is 1. The van der Waals surface area contributed by atoms with Gasteiger partial charge in [-0.3, -0.25) is 14.9 Å². The molecule has 0 unspecified atom stereocenters. The number of nitrogens with zero attached hydrogens (tertiary/aromatic N) is 1. The van der Waals surface area contributed by atoms with Gasteiger partial charge in [-0.1, -0.05) is 13.3 Å². The number of benzene rings is 1. The fourth-order valence-corrected chi connectivity index (χ4v) is 1.31. The Balaban J connectivity index is 2.97. The van der Waals surface area contributed by atoms with Gasteiger partial charge in [0.05, 0.1) is 4.92 Å². The molecule has 1 aromatic rings. The average Bonchev–Trinajstić information content (AvgIpc) is 2.31. The van der Waals surface area contributed by atoms with Crippen LogP contribution in [0.1, 0.15) is 26.2 Å². The van der Waals surface area contributed by atoms with Crippen molar-refractivity contribution in [1.29, 1.82) is 0 Å². The van der Waals surface area contributed by atoms with E-state index in [1.54, 1.807) is 0 Å². The molecule has 18 heavy (non-hydrogen) atoms. The predicted molar refractivity (Wildman–Crippen MR) is 62.6 cm³/mol. The molecule has 2 N–H and O–H groups in total. The van der Waals surface area contributed by atoms with Gasteiger partial charge in [-0.2, -0.15) is 0 Å². The summed E-state index contributed by atoms with van der Waals surface area (Å²) in [6.07, 6.45) is 1.48. The SMILES string of the molecule is CCCCC(=O)Oc1c(F)ccc([N+](=O)[O-])c1N. The van der Waals surface area contributed by atoms with Gasteiger partial charge in [0, 0.05) is 12.5 Å². The van der Waals surface area contributed by atoms with E-state index < -0.39 is 33.8 Å². The maximum atomic E-state index is 13.4. The van der Waals surface area contributed by atoms with Crippen LogP contribution < -0.4 is 10.5 Å². The standard InChI is InChI=1S/C11H13FN2O4/c1-2-3-4-9(15)18-11-7(12)5-6-8(10(11)13)14(16)17/h5-6H,2-4,13H2,1H3. The molecule has 0 radical (unpaired) electrons. The van der Waals surface area contributed by atoms with Gasteiger partial charge < -0.3 is 10.5 Å². The number of hydrogen-bond acceptors (Lipinski definition) is 5. The lowest BCUT2D eigenvalue weighted by Crippen LogP contribution is -2.11. The third kappa shape index (κ3) is 3.16. The van der Waals surface area contributed by atoms with Crippen LogP contribution in [0.5, 0.6) is 5.75 Å². The molecule has 0 amide bonds. The molecule has 0 aliphatic rings. The first kappa shape index (κ1) is 13.9. The minimum atomic E-state index is -0.900. The van der Waals surface area contributed by atoms with Crippen LogP contribution in [0.25, 0.3) is 0 Å². The van der Waals surface area contributed by atoms with Crippen LogP contribution >= 0.6 is 0 Å². The minimum Gasteiger partial charge on any atom is -0.421 e. The van der Waals surface area contributed by atoms with Crippen molar-refractivity contribution in [3.05, 3.63) is 28.1 Å². The molecule has 1 aromatic carbocycles. The molecule has 0 spiro atoms. The van der Waals surface area contributed by atoms with Gasteiger partial charge in [0.1, 0.15) is 0 Å². The van der Waals surface area contributed by atoms with Crippen LogP contribution in [0.3, 0.4) is 0 Å². The van der Waals surface area contributed by atoms with Gasteiger partial charge in [-0.05, 0) is 12.5 Å². The smallest absolute Gasteiger partial charge is 0.311 e. The number of nitro benzene ring substituents is 1. The van der Waals surface area contributed by atoms with Gasteiger partial charge in [0.15, 0.2) is 17.3 Å². The number of hydrogen-bond donors (Lipinski definition) is 1. The highest BCUT2D eigenvalue weighted by molar-refractivity contribution is 5.77. The Morgan fingerprint density at radius 1 is 1.56 bits per heavy atom. The van der Waals surface area contributed by atoms with Crippen molar-refractivity contribution in [3.8, 4) is 5.75 Å². The van der Waals surface area contributed by atoms with Crippen LogP contribution in [-0.4, -0.2) is 10.9 Å². The third-order valence-corrected chi connectivity index (χ3v) is 2.27. The summed E-state index contributed by atoms with van der Waals surface area (Å²) in [6, 6.07) is 1.77. The Morgan fingerprint density at radius 3 is 2.78 bits per heavy atom. The van der Waals surface area contributed by atoms with E-state index in [1.807, 2.05) is 6.92 Å². The second kappa shape index (κ2) is 5.95. The number of esters is 1. The number of carbonyl (C=O) groups is 1. The van der Waals surface area contributed by atoms with Crippen molar-refractivity contribution in [2.24, 2.45) is 0 Å². The Hall–Kier alpha value is -2.18. The Bertz CT molecular complexity index is 476. The number of rotatable bonds is 5. The minimum absolute atomic E-state index is 0.109. The Morgan fingerprint density at radius 2 is 2.22 bits per heavy atom. The average molecular weight is 256 g/mol. The summed E-state index contributed by atoms with van der Waals surface area (Å²) in [5.41, 5.74) is 4.43. The summed E-state index contributed by atoms with van der Waals surface area (Å²) in [6.45, 7) is 1.88. The van der Waals surface area contributed by atoms with Crippen LogP contribution in [0.15, 0.2) is 12.1 Å². The molecule has 0 aromatic heterocycles. The van der Waals surface area contributed by atoms with Gasteiger partial charge in [0.25, 0.3) is 5.69 Å². The quantitative estimate of drug-likeness (QED) is 0.287. The molecule has 0 fully saturated rings. The third-order valence-electron chi connectivity index (χ3n) is 2.27. The van der Waals surface area contributed by atoms with E-state index in [4.69, 9.17) is 10.5 Å². The molecular weight excluding hydrogens is 243 g/mol. The molecule has 0 atom stereocenters. The highest BCUT2D eigenvalue weighted by Gasteiger charge is 2.21. The summed E-state index contributed by atoms with van der Waals surface area (Å²) < 4.78 is 18.1. The van der Waals surface area contributed by atoms with Gasteiger partial charge >= 0.3 is 5.97 Å². The van der Waals surface area contributed by atoms with E-state index in [9.17, 15) is 19.3 Å². The van der Waals surface area contributed by atoms with Crippen LogP contribution in [0, 0.1) is 15.9 Å². The van der Waals surface area contributed by atoms with Crippen LogP contribution in [0.2, 0.25) is 0 Å². The molecule has 0 aliphatic heterocycles. The number of halogens is 1. The zero-order valence-corrected chi connectivity index (χ0v) is 9.81. The molecule has 7 heteroatoms. The molecule has 0 aliphatic carbocycles. The first-order chi connectivity index (χ1) is 8.47. The Kier molecular flexibility index (Phi) is 4.59. The van der Waals surface area contributed by atoms with E-state index >= 15 is 0 Å². The normalized spacial score (nSPS) is 10.1. The van der Waals surface area contributed by atoms with Crippen molar-refractivity contribution in [3.63, 3.8) is 0 Å². The molecular formula is C11H13FN2O4. The molecule has 0 bridgehead atoms. The van der Waals surface area contributed by atoms with Gasteiger partial charge in [0.2, 0.25) is 0 Å².